The summed E-state index contributed by atoms with van der Waals surface area (Å²) in [5.41, 5.74) is 6.15. The minimum Gasteiger partial charge on any atom is -0.268 e. The third-order valence-corrected chi connectivity index (χ3v) is 4.31. The van der Waals surface area contributed by atoms with E-state index in [1.807, 2.05) is 79.7 Å². The lowest BCUT2D eigenvalue weighted by Crippen LogP contribution is -2.23. The highest BCUT2D eigenvalue weighted by atomic mass is 16.1. The van der Waals surface area contributed by atoms with Crippen LogP contribution in [0, 0.1) is 6.92 Å². The van der Waals surface area contributed by atoms with E-state index in [2.05, 4.69) is 15.5 Å². The number of hydrazone groups is 1. The van der Waals surface area contributed by atoms with Gasteiger partial charge in [0.2, 0.25) is 5.95 Å². The fraction of sp³-hybridized carbons (Fsp3) is 0.0455. The first-order valence-electron chi connectivity index (χ1n) is 8.66. The van der Waals surface area contributed by atoms with E-state index in [4.69, 9.17) is 0 Å². The molecular weight excluding hydrogens is 336 g/mol. The van der Waals surface area contributed by atoms with Crippen molar-refractivity contribution in [1.29, 1.82) is 0 Å². The van der Waals surface area contributed by atoms with Gasteiger partial charge >= 0.3 is 0 Å². The molecule has 0 spiro atoms. The molecule has 0 unspecified atom stereocenters. The lowest BCUT2D eigenvalue weighted by atomic mass is 10.2. The number of hydrogen-bond donors (Lipinski definition) is 1. The van der Waals surface area contributed by atoms with Crippen molar-refractivity contribution in [2.24, 2.45) is 5.10 Å². The van der Waals surface area contributed by atoms with E-state index in [1.54, 1.807) is 16.8 Å². The van der Waals surface area contributed by atoms with Gasteiger partial charge in [-0.15, -0.1) is 0 Å². The Bertz CT molecular complexity index is 1180. The van der Waals surface area contributed by atoms with Crippen LogP contribution in [0.15, 0.2) is 88.8 Å². The number of hydrogen-bond acceptors (Lipinski definition) is 4. The van der Waals surface area contributed by atoms with E-state index in [0.29, 0.717) is 16.9 Å². The Morgan fingerprint density at radius 1 is 0.926 bits per heavy atom. The first-order chi connectivity index (χ1) is 13.2. The van der Waals surface area contributed by atoms with Gasteiger partial charge in [-0.2, -0.15) is 5.10 Å². The molecule has 0 bridgehead atoms. The Hall–Kier alpha value is -3.73. The van der Waals surface area contributed by atoms with Crippen LogP contribution in [0.3, 0.4) is 0 Å². The van der Waals surface area contributed by atoms with Crippen molar-refractivity contribution >= 4 is 23.1 Å². The molecule has 5 heteroatoms. The second kappa shape index (κ2) is 7.25. The molecule has 0 aliphatic carbocycles. The number of benzene rings is 3. The van der Waals surface area contributed by atoms with E-state index in [9.17, 15) is 4.79 Å². The van der Waals surface area contributed by atoms with Gasteiger partial charge in [0.15, 0.2) is 0 Å². The van der Waals surface area contributed by atoms with Crippen LogP contribution < -0.4 is 11.0 Å². The van der Waals surface area contributed by atoms with Crippen molar-refractivity contribution < 1.29 is 0 Å². The lowest BCUT2D eigenvalue weighted by molar-refractivity contribution is 0.947. The van der Waals surface area contributed by atoms with Crippen molar-refractivity contribution in [1.82, 2.24) is 9.55 Å². The van der Waals surface area contributed by atoms with E-state index in [-0.39, 0.29) is 5.56 Å². The van der Waals surface area contributed by atoms with Crippen molar-refractivity contribution in [3.05, 3.63) is 100 Å². The quantitative estimate of drug-likeness (QED) is 0.443. The van der Waals surface area contributed by atoms with Crippen LogP contribution in [0.2, 0.25) is 0 Å². The normalized spacial score (nSPS) is 11.1. The third kappa shape index (κ3) is 3.35. The van der Waals surface area contributed by atoms with E-state index >= 15 is 0 Å². The number of aryl methyl sites for hydroxylation is 1. The molecule has 0 saturated carbocycles. The standard InChI is InChI=1S/C22H18N4O/c1-16-9-5-8-14-20(16)26-21(27)18-12-6-7-13-19(18)24-22(26)25-23-15-17-10-3-2-4-11-17/h2-15H,1H3,(H,24,25)/b23-15+. The van der Waals surface area contributed by atoms with Gasteiger partial charge in [0.1, 0.15) is 0 Å². The smallest absolute Gasteiger partial charge is 0.267 e. The number of para-hydroxylation sites is 2. The molecule has 5 nitrogen and oxygen atoms in total. The number of nitrogens with zero attached hydrogens (tertiary/aromatic N) is 3. The van der Waals surface area contributed by atoms with E-state index in [1.165, 1.54) is 0 Å². The van der Waals surface area contributed by atoms with Crippen molar-refractivity contribution in [3.63, 3.8) is 0 Å². The fourth-order valence-electron chi connectivity index (χ4n) is 2.95. The molecule has 0 aliphatic rings. The molecule has 27 heavy (non-hydrogen) atoms. The zero-order chi connectivity index (χ0) is 18.6. The second-order valence-electron chi connectivity index (χ2n) is 6.16. The summed E-state index contributed by atoms with van der Waals surface area (Å²) in [5.74, 6) is 0.375. The molecule has 1 N–H and O–H groups in total. The van der Waals surface area contributed by atoms with Crippen LogP contribution in [-0.4, -0.2) is 15.8 Å². The van der Waals surface area contributed by atoms with Gasteiger partial charge in [-0.3, -0.25) is 4.79 Å². The maximum absolute atomic E-state index is 13.2. The van der Waals surface area contributed by atoms with Crippen LogP contribution in [0.1, 0.15) is 11.1 Å². The largest absolute Gasteiger partial charge is 0.268 e. The monoisotopic (exact) mass is 354 g/mol. The molecule has 0 fully saturated rings. The van der Waals surface area contributed by atoms with Gasteiger partial charge < -0.3 is 0 Å². The summed E-state index contributed by atoms with van der Waals surface area (Å²) in [6.07, 6.45) is 1.70. The van der Waals surface area contributed by atoms with Gasteiger partial charge in [-0.25, -0.2) is 15.0 Å². The number of aromatic nitrogens is 2. The maximum atomic E-state index is 13.2. The van der Waals surface area contributed by atoms with Gasteiger partial charge in [0, 0.05) is 0 Å². The van der Waals surface area contributed by atoms with Crippen LogP contribution in [-0.2, 0) is 0 Å². The molecule has 3 aromatic carbocycles. The Morgan fingerprint density at radius 2 is 1.63 bits per heavy atom. The highest BCUT2D eigenvalue weighted by molar-refractivity contribution is 5.81. The SMILES string of the molecule is Cc1ccccc1-n1c(N/N=C/c2ccccc2)nc2ccccc2c1=O. The summed E-state index contributed by atoms with van der Waals surface area (Å²) >= 11 is 0. The minimum absolute atomic E-state index is 0.132. The summed E-state index contributed by atoms with van der Waals surface area (Å²) < 4.78 is 1.57. The third-order valence-electron chi connectivity index (χ3n) is 4.31. The number of nitrogens with one attached hydrogen (secondary N) is 1. The van der Waals surface area contributed by atoms with E-state index < -0.39 is 0 Å². The summed E-state index contributed by atoms with van der Waals surface area (Å²) in [7, 11) is 0. The van der Waals surface area contributed by atoms with Crippen molar-refractivity contribution in [3.8, 4) is 5.69 Å². The second-order valence-corrected chi connectivity index (χ2v) is 6.16. The Kier molecular flexibility index (Phi) is 4.49. The molecule has 4 aromatic rings. The summed E-state index contributed by atoms with van der Waals surface area (Å²) in [5, 5.41) is 4.85. The zero-order valence-electron chi connectivity index (χ0n) is 14.8. The van der Waals surface area contributed by atoms with Crippen molar-refractivity contribution in [2.45, 2.75) is 6.92 Å². The highest BCUT2D eigenvalue weighted by Crippen LogP contribution is 2.18. The molecule has 0 radical (unpaired) electrons. The molecular formula is C22H18N4O. The highest BCUT2D eigenvalue weighted by Gasteiger charge is 2.13. The van der Waals surface area contributed by atoms with Crippen LogP contribution >= 0.6 is 0 Å². The van der Waals surface area contributed by atoms with Gasteiger partial charge in [-0.05, 0) is 36.2 Å². The Morgan fingerprint density at radius 3 is 2.44 bits per heavy atom. The maximum Gasteiger partial charge on any atom is 0.267 e. The molecule has 4 rings (SSSR count). The minimum atomic E-state index is -0.132. The van der Waals surface area contributed by atoms with Gasteiger partial charge in [0.25, 0.3) is 5.56 Å². The topological polar surface area (TPSA) is 59.3 Å². The summed E-state index contributed by atoms with van der Waals surface area (Å²) in [6.45, 7) is 1.97. The number of fused-ring (bicyclic) bond motifs is 1. The fourth-order valence-corrected chi connectivity index (χ4v) is 2.95. The summed E-state index contributed by atoms with van der Waals surface area (Å²) in [4.78, 5) is 17.8. The van der Waals surface area contributed by atoms with Gasteiger partial charge in [0.05, 0.1) is 22.8 Å². The van der Waals surface area contributed by atoms with Gasteiger partial charge in [-0.1, -0.05) is 60.7 Å². The first-order valence-corrected chi connectivity index (χ1v) is 8.66. The molecule has 0 atom stereocenters. The average molecular weight is 354 g/mol. The first kappa shape index (κ1) is 16.7. The Labute approximate surface area is 156 Å². The van der Waals surface area contributed by atoms with Crippen LogP contribution in [0.5, 0.6) is 0 Å². The predicted octanol–water partition coefficient (Wildman–Crippen LogP) is 4.14. The number of anilines is 1. The molecule has 132 valence electrons. The predicted molar refractivity (Wildman–Crippen MR) is 110 cm³/mol. The molecule has 0 aliphatic heterocycles. The molecule has 1 aromatic heterocycles. The van der Waals surface area contributed by atoms with E-state index in [0.717, 1.165) is 16.8 Å². The number of rotatable bonds is 4. The molecule has 1 heterocycles. The Balaban J connectivity index is 1.85. The molecule has 0 amide bonds. The zero-order valence-corrected chi connectivity index (χ0v) is 14.8. The summed E-state index contributed by atoms with van der Waals surface area (Å²) in [6, 6.07) is 24.8. The lowest BCUT2D eigenvalue weighted by Gasteiger charge is -2.14. The van der Waals surface area contributed by atoms with Crippen molar-refractivity contribution in [2.75, 3.05) is 5.43 Å². The average Bonchev–Trinajstić information content (AvgIpc) is 2.70. The van der Waals surface area contributed by atoms with Crippen LogP contribution in [0.25, 0.3) is 16.6 Å². The molecule has 0 saturated heterocycles. The van der Waals surface area contributed by atoms with Crippen LogP contribution in [0.4, 0.5) is 5.95 Å².